The number of carbonyl (C=O) groups excluding carboxylic acids is 4. The molecule has 0 bridgehead atoms. The van der Waals surface area contributed by atoms with Crippen molar-refractivity contribution < 1.29 is 28.7 Å². The first-order valence-corrected chi connectivity index (χ1v) is 19.7. The van der Waals surface area contributed by atoms with E-state index in [0.29, 0.717) is 51.5 Å². The number of nitrogens with one attached hydrogen (secondary N) is 1. The molecule has 4 fully saturated rings. The van der Waals surface area contributed by atoms with Gasteiger partial charge >= 0.3 is 12.2 Å². The van der Waals surface area contributed by atoms with Crippen LogP contribution < -0.4 is 10.2 Å². The van der Waals surface area contributed by atoms with E-state index in [0.717, 1.165) is 52.6 Å². The van der Waals surface area contributed by atoms with Crippen molar-refractivity contribution in [3.8, 4) is 0 Å². The zero-order valence-corrected chi connectivity index (χ0v) is 35.8. The van der Waals surface area contributed by atoms with Crippen molar-refractivity contribution in [3.05, 3.63) is 38.0 Å². The van der Waals surface area contributed by atoms with Crippen LogP contribution in [0.25, 0.3) is 0 Å². The molecule has 0 atom stereocenters. The molecule has 53 heavy (non-hydrogen) atoms. The van der Waals surface area contributed by atoms with Crippen molar-refractivity contribution in [1.29, 1.82) is 0 Å². The molecular formula is C36H51Br2ClN8O6. The fourth-order valence-electron chi connectivity index (χ4n) is 6.49. The third-order valence-electron chi connectivity index (χ3n) is 9.51. The lowest BCUT2D eigenvalue weighted by molar-refractivity contribution is -0.120. The number of hydrogen-bond acceptors (Lipinski definition) is 10. The quantitative estimate of drug-likeness (QED) is 0.295. The molecule has 1 N–H and O–H groups in total. The van der Waals surface area contributed by atoms with E-state index in [-0.39, 0.29) is 40.1 Å². The largest absolute Gasteiger partial charge is 0.444 e. The zero-order chi connectivity index (χ0) is 39.4. The Kier molecular flexibility index (Phi) is 13.8. The summed E-state index contributed by atoms with van der Waals surface area (Å²) in [6.07, 6.45) is 7.20. The Morgan fingerprint density at radius 3 is 1.66 bits per heavy atom. The lowest BCUT2D eigenvalue weighted by Crippen LogP contribution is -2.46. The van der Waals surface area contributed by atoms with E-state index in [4.69, 9.17) is 21.1 Å². The smallest absolute Gasteiger partial charge is 0.410 e. The topological polar surface area (TPSA) is 160 Å². The molecule has 4 saturated heterocycles. The molecule has 292 valence electrons. The average Bonchev–Trinajstić information content (AvgIpc) is 3.58. The molecule has 0 unspecified atom stereocenters. The number of aromatic nitrogens is 4. The number of hydrogen-bond donors (Lipinski definition) is 1. The van der Waals surface area contributed by atoms with Crippen molar-refractivity contribution in [1.82, 2.24) is 35.1 Å². The van der Waals surface area contributed by atoms with Crippen LogP contribution in [0.1, 0.15) is 91.5 Å². The lowest BCUT2D eigenvalue weighted by atomic mass is 9.78. The average molecular weight is 887 g/mol. The van der Waals surface area contributed by atoms with Gasteiger partial charge in [0.1, 0.15) is 11.2 Å². The summed E-state index contributed by atoms with van der Waals surface area (Å²) >= 11 is 12.1. The van der Waals surface area contributed by atoms with Gasteiger partial charge in [-0.1, -0.05) is 0 Å². The molecule has 0 aromatic carbocycles. The number of halogens is 3. The molecule has 2 aromatic rings. The maximum Gasteiger partial charge on any atom is 0.410 e. The Morgan fingerprint density at radius 2 is 1.25 bits per heavy atom. The molecule has 4 aliphatic rings. The highest BCUT2D eigenvalue weighted by atomic mass is 79.9. The van der Waals surface area contributed by atoms with Crippen molar-refractivity contribution in [3.63, 3.8) is 0 Å². The summed E-state index contributed by atoms with van der Waals surface area (Å²) in [6, 6.07) is 0. The van der Waals surface area contributed by atoms with Crippen LogP contribution in [0.4, 0.5) is 15.5 Å². The second-order valence-corrected chi connectivity index (χ2v) is 18.3. The van der Waals surface area contributed by atoms with Gasteiger partial charge in [-0.2, -0.15) is 0 Å². The number of rotatable bonds is 1. The summed E-state index contributed by atoms with van der Waals surface area (Å²) in [6.45, 7) is 18.9. The number of amides is 4. The number of nitrogens with zero attached hydrogens (tertiary/aromatic N) is 7. The highest BCUT2D eigenvalue weighted by Crippen LogP contribution is 2.42. The third-order valence-corrected chi connectivity index (χ3v) is 11.2. The van der Waals surface area contributed by atoms with E-state index < -0.39 is 11.2 Å². The van der Waals surface area contributed by atoms with Crippen LogP contribution in [0.5, 0.6) is 0 Å². The van der Waals surface area contributed by atoms with Crippen LogP contribution in [-0.4, -0.2) is 104 Å². The molecule has 6 rings (SSSR count). The number of likely N-dealkylation sites (tertiary alicyclic amines) is 2. The van der Waals surface area contributed by atoms with Crippen molar-refractivity contribution in [2.75, 3.05) is 44.2 Å². The lowest BCUT2D eigenvalue weighted by Gasteiger charge is -2.39. The van der Waals surface area contributed by atoms with Crippen molar-refractivity contribution in [2.24, 2.45) is 10.8 Å². The molecule has 0 radical (unpaired) electrons. The van der Waals surface area contributed by atoms with Gasteiger partial charge in [-0.05, 0) is 130 Å². The number of ether oxygens (including phenoxy) is 2. The Bertz CT molecular complexity index is 1670. The van der Waals surface area contributed by atoms with Crippen LogP contribution in [0.2, 0.25) is 5.28 Å². The second-order valence-electron chi connectivity index (χ2n) is 16.2. The summed E-state index contributed by atoms with van der Waals surface area (Å²) in [4.78, 5) is 69.5. The van der Waals surface area contributed by atoms with E-state index in [1.165, 1.54) is 0 Å². The van der Waals surface area contributed by atoms with E-state index in [9.17, 15) is 19.2 Å². The minimum absolute atomic E-state index is 0.0532. The van der Waals surface area contributed by atoms with Gasteiger partial charge in [0.25, 0.3) is 0 Å². The van der Waals surface area contributed by atoms with Gasteiger partial charge in [0.2, 0.25) is 23.0 Å². The Morgan fingerprint density at radius 1 is 0.774 bits per heavy atom. The maximum atomic E-state index is 12.6. The first-order chi connectivity index (χ1) is 24.6. The minimum atomic E-state index is -0.497. The first kappa shape index (κ1) is 42.6. The van der Waals surface area contributed by atoms with Gasteiger partial charge in [-0.15, -0.1) is 0 Å². The number of piperidine rings is 2. The molecule has 0 aliphatic carbocycles. The molecule has 2 spiro atoms. The molecule has 4 amide bonds. The molecule has 4 aliphatic heterocycles. The van der Waals surface area contributed by atoms with Gasteiger partial charge < -0.3 is 24.6 Å². The molecule has 0 saturated carbocycles. The molecular weight excluding hydrogens is 836 g/mol. The van der Waals surface area contributed by atoms with Crippen LogP contribution in [0.15, 0.2) is 21.3 Å². The SMILES string of the molecule is CC(C)(C)OC(=O)N1CCC2(CC1)CNC(=O)C2.Cc1nc(Cl)ncc1Br.Cc1nc(N2CC3(CCN(C(=O)OC(C)(C)C)CC3)CC2=O)ncc1Br. The fourth-order valence-corrected chi connectivity index (χ4v) is 7.05. The summed E-state index contributed by atoms with van der Waals surface area (Å²) < 4.78 is 12.5. The Balaban J connectivity index is 0.000000200. The normalized spacial score (nSPS) is 19.3. The van der Waals surface area contributed by atoms with Gasteiger partial charge in [-0.25, -0.2) is 29.5 Å². The maximum absolute atomic E-state index is 12.6. The molecule has 6 heterocycles. The van der Waals surface area contributed by atoms with E-state index in [2.05, 4.69) is 57.1 Å². The van der Waals surface area contributed by atoms with Crippen LogP contribution in [-0.2, 0) is 19.1 Å². The monoisotopic (exact) mass is 884 g/mol. The number of carbonyl (C=O) groups is 4. The summed E-state index contributed by atoms with van der Waals surface area (Å²) in [5.41, 5.74) is 0.689. The van der Waals surface area contributed by atoms with Gasteiger partial charge in [0.05, 0.1) is 20.3 Å². The standard InChI is InChI=1S/C18H25BrN4O3.C13H22N2O3.C5H4BrClN2/c1-12-13(19)10-20-15(21-12)23-11-18(9-14(23)24)5-7-22(8-6-18)16(25)26-17(2,3)4;1-12(2,3)18-11(17)15-6-4-13(5-7-15)8-10(16)14-9-13;1-3-4(6)2-8-5(7)9-3/h10H,5-9,11H2,1-4H3;4-9H2,1-3H3,(H,14,16);2H,1H3. The van der Waals surface area contributed by atoms with E-state index in [1.54, 1.807) is 27.1 Å². The minimum Gasteiger partial charge on any atom is -0.444 e. The Hall–Kier alpha value is -3.11. The zero-order valence-electron chi connectivity index (χ0n) is 31.9. The fraction of sp³-hybridized carbons (Fsp3) is 0.667. The summed E-state index contributed by atoms with van der Waals surface area (Å²) in [5.74, 6) is 0.653. The van der Waals surface area contributed by atoms with E-state index in [1.807, 2.05) is 55.4 Å². The summed E-state index contributed by atoms with van der Waals surface area (Å²) in [7, 11) is 0. The summed E-state index contributed by atoms with van der Waals surface area (Å²) in [5, 5.41) is 3.18. The highest BCUT2D eigenvalue weighted by molar-refractivity contribution is 9.10. The number of anilines is 1. The number of aryl methyl sites for hydroxylation is 2. The van der Waals surface area contributed by atoms with Crippen LogP contribution >= 0.6 is 43.5 Å². The molecule has 2 aromatic heterocycles. The second kappa shape index (κ2) is 17.1. The van der Waals surface area contributed by atoms with Gasteiger partial charge in [-0.3, -0.25) is 14.5 Å². The molecule has 14 nitrogen and oxygen atoms in total. The third kappa shape index (κ3) is 12.2. The van der Waals surface area contributed by atoms with Crippen molar-refractivity contribution >= 4 is 73.4 Å². The van der Waals surface area contributed by atoms with E-state index >= 15 is 0 Å². The van der Waals surface area contributed by atoms with Gasteiger partial charge in [0.15, 0.2) is 0 Å². The molecule has 17 heteroatoms. The highest BCUT2D eigenvalue weighted by Gasteiger charge is 2.47. The Labute approximate surface area is 333 Å². The van der Waals surface area contributed by atoms with Crippen LogP contribution in [0, 0.1) is 24.7 Å². The predicted octanol–water partition coefficient (Wildman–Crippen LogP) is 7.03. The van der Waals surface area contributed by atoms with Gasteiger partial charge in [0, 0.05) is 69.9 Å². The van der Waals surface area contributed by atoms with Crippen LogP contribution in [0.3, 0.4) is 0 Å². The predicted molar refractivity (Wildman–Crippen MR) is 207 cm³/mol. The van der Waals surface area contributed by atoms with Crippen molar-refractivity contribution in [2.45, 2.75) is 105 Å². The first-order valence-electron chi connectivity index (χ1n) is 17.7.